The number of hydrogen-bond acceptors (Lipinski definition) is 6. The average Bonchev–Trinajstić information content (AvgIpc) is 2.86. The Labute approximate surface area is 116 Å². The Morgan fingerprint density at radius 2 is 1.75 bits per heavy atom. The maximum Gasteiger partial charge on any atom is 0.246 e. The number of amides is 3. The second-order valence-corrected chi connectivity index (χ2v) is 5.22. The fourth-order valence-electron chi connectivity index (χ4n) is 2.46. The first-order valence-corrected chi connectivity index (χ1v) is 6.64. The van der Waals surface area contributed by atoms with Crippen molar-refractivity contribution in [3.05, 3.63) is 0 Å². The smallest absolute Gasteiger partial charge is 0.246 e. The first-order chi connectivity index (χ1) is 9.45. The molecule has 0 spiro atoms. The van der Waals surface area contributed by atoms with Crippen molar-refractivity contribution < 1.29 is 24.6 Å². The van der Waals surface area contributed by atoms with Crippen LogP contribution in [0.3, 0.4) is 0 Å². The number of likely N-dealkylation sites (tertiary alicyclic amines) is 2. The van der Waals surface area contributed by atoms with E-state index in [0.717, 1.165) is 6.42 Å². The SMILES string of the molecule is O=C(CN1C[C@@H](O)[C@@H](O)C1)NC(=O)CN1CCCC1=O. The van der Waals surface area contributed by atoms with Gasteiger partial charge in [0.25, 0.3) is 0 Å². The van der Waals surface area contributed by atoms with Crippen LogP contribution < -0.4 is 5.32 Å². The van der Waals surface area contributed by atoms with E-state index < -0.39 is 24.0 Å². The van der Waals surface area contributed by atoms with E-state index in [2.05, 4.69) is 5.32 Å². The molecule has 3 amide bonds. The van der Waals surface area contributed by atoms with Crippen molar-refractivity contribution in [2.45, 2.75) is 25.0 Å². The fourth-order valence-corrected chi connectivity index (χ4v) is 2.46. The molecular formula is C12H19N3O5. The summed E-state index contributed by atoms with van der Waals surface area (Å²) in [6.07, 6.45) is -0.532. The summed E-state index contributed by atoms with van der Waals surface area (Å²) >= 11 is 0. The van der Waals surface area contributed by atoms with Crippen LogP contribution in [0.15, 0.2) is 0 Å². The topological polar surface area (TPSA) is 110 Å². The second kappa shape index (κ2) is 6.29. The molecule has 0 radical (unpaired) electrons. The van der Waals surface area contributed by atoms with Gasteiger partial charge in [0.05, 0.1) is 25.3 Å². The van der Waals surface area contributed by atoms with Gasteiger partial charge in [-0.25, -0.2) is 0 Å². The lowest BCUT2D eigenvalue weighted by Crippen LogP contribution is -2.44. The average molecular weight is 285 g/mol. The molecule has 2 aliphatic heterocycles. The van der Waals surface area contributed by atoms with Gasteiger partial charge in [0.2, 0.25) is 17.7 Å². The monoisotopic (exact) mass is 285 g/mol. The first kappa shape index (κ1) is 14.9. The number of β-amino-alcohol motifs (C(OH)–C–C–N with tert-alkyl or cyclic N) is 2. The molecule has 0 aromatic carbocycles. The Kier molecular flexibility index (Phi) is 4.69. The van der Waals surface area contributed by atoms with Gasteiger partial charge in [-0.2, -0.15) is 0 Å². The molecule has 8 nitrogen and oxygen atoms in total. The number of nitrogens with one attached hydrogen (secondary N) is 1. The Balaban J connectivity index is 1.71. The number of hydrogen-bond donors (Lipinski definition) is 3. The summed E-state index contributed by atoms with van der Waals surface area (Å²) in [6.45, 7) is 0.787. The Hall–Kier alpha value is -1.51. The maximum atomic E-state index is 11.6. The van der Waals surface area contributed by atoms with E-state index in [4.69, 9.17) is 0 Å². The molecule has 20 heavy (non-hydrogen) atoms. The van der Waals surface area contributed by atoms with Crippen molar-refractivity contribution >= 4 is 17.7 Å². The molecule has 2 saturated heterocycles. The summed E-state index contributed by atoms with van der Waals surface area (Å²) < 4.78 is 0. The van der Waals surface area contributed by atoms with E-state index in [1.807, 2.05) is 0 Å². The van der Waals surface area contributed by atoms with E-state index in [9.17, 15) is 24.6 Å². The van der Waals surface area contributed by atoms with Gasteiger partial charge < -0.3 is 15.1 Å². The highest BCUT2D eigenvalue weighted by Crippen LogP contribution is 2.09. The molecule has 0 bridgehead atoms. The van der Waals surface area contributed by atoms with Crippen LogP contribution >= 0.6 is 0 Å². The Morgan fingerprint density at radius 1 is 1.15 bits per heavy atom. The molecule has 2 rings (SSSR count). The van der Waals surface area contributed by atoms with Crippen LogP contribution in [0.5, 0.6) is 0 Å². The van der Waals surface area contributed by atoms with Crippen molar-refractivity contribution in [2.75, 3.05) is 32.7 Å². The van der Waals surface area contributed by atoms with E-state index in [1.54, 1.807) is 4.90 Å². The standard InChI is InChI=1S/C12H19N3O5/c16-8-4-14(5-9(8)17)6-10(18)13-11(19)7-15-3-1-2-12(15)20/h8-9,16-17H,1-7H2,(H,13,18,19)/t8-,9+. The summed E-state index contributed by atoms with van der Waals surface area (Å²) in [6, 6.07) is 0. The molecule has 2 aliphatic rings. The molecule has 0 aliphatic carbocycles. The molecule has 0 aromatic rings. The zero-order valence-corrected chi connectivity index (χ0v) is 11.1. The molecule has 0 aromatic heterocycles. The van der Waals surface area contributed by atoms with Crippen LogP contribution in [0, 0.1) is 0 Å². The lowest BCUT2D eigenvalue weighted by Gasteiger charge is -2.16. The van der Waals surface area contributed by atoms with Crippen molar-refractivity contribution in [1.82, 2.24) is 15.1 Å². The lowest BCUT2D eigenvalue weighted by atomic mass is 10.3. The van der Waals surface area contributed by atoms with Gasteiger partial charge in [-0.1, -0.05) is 0 Å². The van der Waals surface area contributed by atoms with Crippen molar-refractivity contribution in [3.8, 4) is 0 Å². The minimum Gasteiger partial charge on any atom is -0.389 e. The molecule has 8 heteroatoms. The van der Waals surface area contributed by atoms with Crippen LogP contribution in [-0.2, 0) is 14.4 Å². The van der Waals surface area contributed by atoms with Gasteiger partial charge in [-0.05, 0) is 6.42 Å². The molecule has 2 heterocycles. The summed E-state index contributed by atoms with van der Waals surface area (Å²) in [5.74, 6) is -1.08. The number of imide groups is 1. The molecule has 2 fully saturated rings. The van der Waals surface area contributed by atoms with Crippen LogP contribution in [0.25, 0.3) is 0 Å². The van der Waals surface area contributed by atoms with Crippen LogP contribution in [0.1, 0.15) is 12.8 Å². The van der Waals surface area contributed by atoms with Gasteiger partial charge in [-0.15, -0.1) is 0 Å². The highest BCUT2D eigenvalue weighted by atomic mass is 16.3. The first-order valence-electron chi connectivity index (χ1n) is 6.64. The maximum absolute atomic E-state index is 11.6. The largest absolute Gasteiger partial charge is 0.389 e. The van der Waals surface area contributed by atoms with Crippen LogP contribution in [-0.4, -0.2) is 82.7 Å². The summed E-state index contributed by atoms with van der Waals surface area (Å²) in [5, 5.41) is 20.9. The summed E-state index contributed by atoms with van der Waals surface area (Å²) in [4.78, 5) is 37.6. The third-order valence-corrected chi connectivity index (χ3v) is 3.49. The lowest BCUT2D eigenvalue weighted by molar-refractivity contribution is -0.136. The van der Waals surface area contributed by atoms with Crippen LogP contribution in [0.2, 0.25) is 0 Å². The zero-order chi connectivity index (χ0) is 14.7. The zero-order valence-electron chi connectivity index (χ0n) is 11.1. The molecule has 0 saturated carbocycles. The fraction of sp³-hybridized carbons (Fsp3) is 0.750. The number of aliphatic hydroxyl groups excluding tert-OH is 2. The summed E-state index contributed by atoms with van der Waals surface area (Å²) in [5.41, 5.74) is 0. The Bertz CT molecular complexity index is 404. The quantitative estimate of drug-likeness (QED) is 0.518. The van der Waals surface area contributed by atoms with Crippen LogP contribution in [0.4, 0.5) is 0 Å². The van der Waals surface area contributed by atoms with Gasteiger partial charge in [0.15, 0.2) is 0 Å². The minimum absolute atomic E-state index is 0.0617. The van der Waals surface area contributed by atoms with E-state index >= 15 is 0 Å². The van der Waals surface area contributed by atoms with E-state index in [-0.39, 0.29) is 32.1 Å². The third kappa shape index (κ3) is 3.75. The molecular weight excluding hydrogens is 266 g/mol. The Morgan fingerprint density at radius 3 is 2.30 bits per heavy atom. The van der Waals surface area contributed by atoms with Crippen molar-refractivity contribution in [3.63, 3.8) is 0 Å². The van der Waals surface area contributed by atoms with Gasteiger partial charge in [-0.3, -0.25) is 24.6 Å². The van der Waals surface area contributed by atoms with Crippen molar-refractivity contribution in [2.24, 2.45) is 0 Å². The van der Waals surface area contributed by atoms with Gasteiger partial charge in [0.1, 0.15) is 0 Å². The normalized spacial score (nSPS) is 27.1. The number of carbonyl (C=O) groups excluding carboxylic acids is 3. The number of carbonyl (C=O) groups is 3. The molecule has 0 unspecified atom stereocenters. The van der Waals surface area contributed by atoms with Gasteiger partial charge in [0, 0.05) is 26.1 Å². The minimum atomic E-state index is -0.860. The molecule has 2 atom stereocenters. The van der Waals surface area contributed by atoms with E-state index in [0.29, 0.717) is 13.0 Å². The summed E-state index contributed by atoms with van der Waals surface area (Å²) in [7, 11) is 0. The van der Waals surface area contributed by atoms with Gasteiger partial charge >= 0.3 is 0 Å². The number of rotatable bonds is 4. The molecule has 3 N–H and O–H groups in total. The highest BCUT2D eigenvalue weighted by Gasteiger charge is 2.31. The third-order valence-electron chi connectivity index (χ3n) is 3.49. The van der Waals surface area contributed by atoms with Crippen molar-refractivity contribution in [1.29, 1.82) is 0 Å². The van der Waals surface area contributed by atoms with E-state index in [1.165, 1.54) is 4.90 Å². The number of aliphatic hydroxyl groups is 2. The predicted octanol–water partition coefficient (Wildman–Crippen LogP) is -2.71. The number of nitrogens with zero attached hydrogens (tertiary/aromatic N) is 2. The molecule has 112 valence electrons. The predicted molar refractivity (Wildman–Crippen MR) is 67.4 cm³/mol. The highest BCUT2D eigenvalue weighted by molar-refractivity contribution is 5.98. The second-order valence-electron chi connectivity index (χ2n) is 5.22.